The average Bonchev–Trinajstić information content (AvgIpc) is 3.56. The van der Waals surface area contributed by atoms with Gasteiger partial charge in [0.05, 0.1) is 0 Å². The second-order valence-electron chi connectivity index (χ2n) is 5.23. The van der Waals surface area contributed by atoms with E-state index in [2.05, 4.69) is 39.9 Å². The molecule has 0 aliphatic heterocycles. The van der Waals surface area contributed by atoms with E-state index in [1.54, 1.807) is 0 Å². The van der Waals surface area contributed by atoms with Crippen LogP contribution in [-0.4, -0.2) is 68.3 Å². The van der Waals surface area contributed by atoms with Crippen LogP contribution in [0.3, 0.4) is 0 Å². The summed E-state index contributed by atoms with van der Waals surface area (Å²) in [7, 11) is -7.93. The number of imidazole rings is 4. The number of nitrogens with zero attached hydrogens (tertiary/aromatic N) is 4. The normalized spacial score (nSPS) is 7.40. The molecule has 0 aliphatic rings. The van der Waals surface area contributed by atoms with Crippen molar-refractivity contribution < 1.29 is 451 Å². The van der Waals surface area contributed by atoms with Crippen molar-refractivity contribution in [1.82, 2.24) is 39.9 Å². The predicted molar refractivity (Wildman–Crippen MR) is 95.9 cm³/mol. The third-order valence-electron chi connectivity index (χ3n) is 2.97. The zero-order valence-corrected chi connectivity index (χ0v) is 49.0. The second kappa shape index (κ2) is 45.0. The largest absolute Gasteiger partial charge is 1.00 e. The summed E-state index contributed by atoms with van der Waals surface area (Å²) in [6.45, 7) is 0. The van der Waals surface area contributed by atoms with Crippen LogP contribution in [-0.2, 0) is 0 Å². The Bertz CT molecular complexity index is 783. The molecule has 4 aromatic heterocycles. The van der Waals surface area contributed by atoms with E-state index in [0.717, 1.165) is 0 Å². The van der Waals surface area contributed by atoms with Crippen LogP contribution in [0.5, 0.6) is 0 Å². The van der Waals surface area contributed by atoms with Gasteiger partial charge >= 0.3 is 411 Å². The summed E-state index contributed by atoms with van der Waals surface area (Å²) in [5.74, 6) is 0. The van der Waals surface area contributed by atoms with Crippen molar-refractivity contribution in [3.05, 3.63) is 49.6 Å². The molecule has 4 heterocycles. The molecule has 0 radical (unpaired) electrons. The number of aromatic nitrogens is 8. The van der Waals surface area contributed by atoms with Crippen molar-refractivity contribution in [1.29, 1.82) is 0 Å². The first-order chi connectivity index (χ1) is 15.2. The molecule has 168 valence electrons. The third-order valence-corrected chi connectivity index (χ3v) is 2.97. The van der Waals surface area contributed by atoms with Crippen LogP contribution < -0.4 is 474 Å². The van der Waals surface area contributed by atoms with E-state index in [9.17, 15) is 40.2 Å². The van der Waals surface area contributed by atoms with Crippen LogP contribution in [0.4, 0.5) is 0 Å². The summed E-state index contributed by atoms with van der Waals surface area (Å²) in [5.41, 5.74) is -0.204. The summed E-state index contributed by atoms with van der Waals surface area (Å²) in [6, 6.07) is 0. The molecule has 0 saturated heterocycles. The van der Waals surface area contributed by atoms with Gasteiger partial charge in [0.15, 0.2) is 0 Å². The standard InChI is InChI=1S/4C3H3BN2O2.8K/c4*7-4(8)3-5-1-2-6-3;;;;;;;;/h4*1-2H,(H,5,6);;;;;;;;/q4*-2;8*+1. The first-order valence-electron chi connectivity index (χ1n) is 8.46. The van der Waals surface area contributed by atoms with E-state index < -0.39 is 28.5 Å². The van der Waals surface area contributed by atoms with Gasteiger partial charge in [-0.25, -0.2) is 0 Å². The Morgan fingerprint density at radius 3 is 0.550 bits per heavy atom. The second-order valence-corrected chi connectivity index (χ2v) is 5.23. The van der Waals surface area contributed by atoms with E-state index in [-0.39, 0.29) is 434 Å². The van der Waals surface area contributed by atoms with Gasteiger partial charge < -0.3 is 60.1 Å². The number of H-pyrrole nitrogens is 4. The van der Waals surface area contributed by atoms with Crippen LogP contribution >= 0.6 is 0 Å². The number of rotatable bonds is 4. The smallest absolute Gasteiger partial charge is 0.887 e. The molecule has 0 bridgehead atoms. The first-order valence-corrected chi connectivity index (χ1v) is 8.46. The maximum absolute atomic E-state index is 9.94. The van der Waals surface area contributed by atoms with Crippen LogP contribution in [0.1, 0.15) is 0 Å². The molecule has 4 N–H and O–H groups in total. The fourth-order valence-electron chi connectivity index (χ4n) is 1.63. The molecule has 4 aromatic rings. The monoisotopic (exact) mass is 752 g/mol. The van der Waals surface area contributed by atoms with Crippen LogP contribution in [0.2, 0.25) is 0 Å². The maximum atomic E-state index is 9.94. The fraction of sp³-hybridized carbons (Fsp3) is 0. The van der Waals surface area contributed by atoms with Crippen LogP contribution in [0, 0.1) is 0 Å². The molecule has 4 rings (SSSR count). The summed E-state index contributed by atoms with van der Waals surface area (Å²) in [6.07, 6.45) is 11.3. The number of aromatic amines is 4. The molecule has 0 amide bonds. The van der Waals surface area contributed by atoms with E-state index in [1.165, 1.54) is 49.6 Å². The zero-order valence-electron chi connectivity index (χ0n) is 24.0. The number of hydrogen-bond donors (Lipinski definition) is 4. The fourth-order valence-corrected chi connectivity index (χ4v) is 1.63. The van der Waals surface area contributed by atoms with Gasteiger partial charge in [0.1, 0.15) is 0 Å². The first kappa shape index (κ1) is 67.9. The maximum Gasteiger partial charge on any atom is 1.00 e. The number of hydrogen-bond acceptors (Lipinski definition) is 12. The Kier molecular flexibility index (Phi) is 76.5. The SMILES string of the molecule is [K+].[K+].[K+].[K+].[K+].[K+].[K+].[K+].[O-]B([O-])c1ncc[nH]1.[O-]B([O-])c1ncc[nH]1.[O-]B([O-])c1ncc[nH]1.[O-]B([O-])c1ncc[nH]1. The summed E-state index contributed by atoms with van der Waals surface area (Å²) in [4.78, 5) is 23.3. The Morgan fingerprint density at radius 2 is 0.500 bits per heavy atom. The van der Waals surface area contributed by atoms with Crippen LogP contribution in [0.25, 0.3) is 0 Å². The minimum absolute atomic E-state index is 0. The average molecular weight is 752 g/mol. The van der Waals surface area contributed by atoms with Crippen molar-refractivity contribution >= 4 is 51.4 Å². The molecule has 0 atom stereocenters. The van der Waals surface area contributed by atoms with Crippen molar-refractivity contribution in [3.8, 4) is 0 Å². The molecule has 0 aromatic carbocycles. The van der Waals surface area contributed by atoms with Gasteiger partial charge in [-0.2, -0.15) is 0 Å². The van der Waals surface area contributed by atoms with E-state index in [1.807, 2.05) is 0 Å². The van der Waals surface area contributed by atoms with Gasteiger partial charge in [0.2, 0.25) is 0 Å². The minimum Gasteiger partial charge on any atom is -0.887 e. The zero-order chi connectivity index (χ0) is 23.9. The van der Waals surface area contributed by atoms with E-state index in [4.69, 9.17) is 0 Å². The predicted octanol–water partition coefficient (Wildman–Crippen LogP) is -36.7. The van der Waals surface area contributed by atoms with Crippen molar-refractivity contribution in [2.75, 3.05) is 0 Å². The summed E-state index contributed by atoms with van der Waals surface area (Å²) < 4.78 is 0. The van der Waals surface area contributed by atoms with Gasteiger partial charge in [0.25, 0.3) is 0 Å². The van der Waals surface area contributed by atoms with E-state index in [0.29, 0.717) is 0 Å². The molecule has 40 heavy (non-hydrogen) atoms. The van der Waals surface area contributed by atoms with Gasteiger partial charge in [-0.1, -0.05) is 0 Å². The van der Waals surface area contributed by atoms with Gasteiger partial charge in [-0.15, -0.1) is 0 Å². The molecular weight excluding hydrogens is 740 g/mol. The third kappa shape index (κ3) is 36.2. The van der Waals surface area contributed by atoms with Crippen molar-refractivity contribution in [2.24, 2.45) is 0 Å². The molecule has 0 unspecified atom stereocenters. The van der Waals surface area contributed by atoms with Gasteiger partial charge in [-0.05, 0) is 28.5 Å². The Morgan fingerprint density at radius 1 is 0.350 bits per heavy atom. The topological polar surface area (TPSA) is 299 Å². The Hall–Kier alpha value is 9.87. The number of nitrogens with one attached hydrogen (secondary N) is 4. The minimum atomic E-state index is -1.98. The quantitative estimate of drug-likeness (QED) is 0.141. The molecule has 0 saturated carbocycles. The van der Waals surface area contributed by atoms with Crippen molar-refractivity contribution in [3.63, 3.8) is 0 Å². The molecule has 0 spiro atoms. The molecule has 0 aliphatic carbocycles. The van der Waals surface area contributed by atoms with Gasteiger partial charge in [-0.3, -0.25) is 19.9 Å². The van der Waals surface area contributed by atoms with E-state index >= 15 is 0 Å². The van der Waals surface area contributed by atoms with Crippen LogP contribution in [0.15, 0.2) is 49.6 Å². The Balaban J connectivity index is -0.0000000533. The molecular formula is C12H12B4K8N8O8. The summed E-state index contributed by atoms with van der Waals surface area (Å²) in [5, 5.41) is 79.5. The molecule has 0 fully saturated rings. The van der Waals surface area contributed by atoms with Crippen molar-refractivity contribution in [2.45, 2.75) is 0 Å². The Labute approximate surface area is 573 Å². The molecule has 16 nitrogen and oxygen atoms in total. The van der Waals surface area contributed by atoms with Gasteiger partial charge in [0, 0.05) is 72.5 Å². The summed E-state index contributed by atoms with van der Waals surface area (Å²) >= 11 is 0. The molecule has 28 heteroatoms.